The monoisotopic (exact) mass is 575 g/mol. The number of aliphatic carboxylic acids is 1. The Balaban J connectivity index is 1.84. The van der Waals surface area contributed by atoms with Crippen molar-refractivity contribution in [2.45, 2.75) is 38.3 Å². The Morgan fingerprint density at radius 3 is 2.25 bits per heavy atom. The van der Waals surface area contributed by atoms with Crippen molar-refractivity contribution in [1.29, 1.82) is 0 Å². The van der Waals surface area contributed by atoms with Crippen molar-refractivity contribution >= 4 is 40.6 Å². The number of Topliss-reactive ketones (excluding diaryl/α,β-unsaturated/α-hetero) is 1. The molecule has 4 unspecified atom stereocenters. The minimum atomic E-state index is -1.85. The average Bonchev–Trinajstić information content (AvgIpc) is 3.47. The van der Waals surface area contributed by atoms with E-state index in [1.54, 1.807) is 36.4 Å². The number of amides is 1. The first-order chi connectivity index (χ1) is 19.1. The number of carboxylic acid groups (broad SMARTS) is 1. The SMILES string of the molecule is Cc1ccccc1C(=O)C1C(c2ccc(Cl)cc2)N(C(=O)c2cccc(F)c2)C(C)(C(=O)O)C1c1sccc1C. The Labute approximate surface area is 240 Å². The lowest BCUT2D eigenvalue weighted by molar-refractivity contribution is -0.148. The number of rotatable bonds is 6. The number of likely N-dealkylation sites (tertiary alicyclic amines) is 1. The Kier molecular flexibility index (Phi) is 7.38. The molecule has 0 bridgehead atoms. The highest BCUT2D eigenvalue weighted by atomic mass is 35.5. The molecule has 5 nitrogen and oxygen atoms in total. The highest BCUT2D eigenvalue weighted by molar-refractivity contribution is 7.10. The van der Waals surface area contributed by atoms with Gasteiger partial charge in [-0.2, -0.15) is 0 Å². The largest absolute Gasteiger partial charge is 0.479 e. The molecule has 1 aliphatic heterocycles. The van der Waals surface area contributed by atoms with E-state index in [1.807, 2.05) is 37.4 Å². The van der Waals surface area contributed by atoms with Gasteiger partial charge in [0, 0.05) is 26.9 Å². The van der Waals surface area contributed by atoms with Gasteiger partial charge in [-0.3, -0.25) is 9.59 Å². The molecule has 0 spiro atoms. The molecule has 1 N–H and O–H groups in total. The fourth-order valence-corrected chi connectivity index (χ4v) is 7.25. The van der Waals surface area contributed by atoms with Gasteiger partial charge in [-0.25, -0.2) is 9.18 Å². The Bertz CT molecular complexity index is 1620. The maximum atomic E-state index is 14.6. The van der Waals surface area contributed by atoms with Crippen molar-refractivity contribution in [3.63, 3.8) is 0 Å². The van der Waals surface area contributed by atoms with E-state index in [0.29, 0.717) is 21.0 Å². The number of ketones is 1. The molecule has 0 saturated carbocycles. The molecule has 3 aromatic carbocycles. The third-order valence-electron chi connectivity index (χ3n) is 7.92. The number of thiophene rings is 1. The zero-order valence-electron chi connectivity index (χ0n) is 22.1. The standard InChI is InChI=1S/C32H27ClFNO4S/c1-18-7-4-5-10-24(18)28(36)25-26(29-19(2)15-16-40-29)32(3,31(38)39)35(27(25)20-11-13-22(33)14-12-20)30(37)21-8-6-9-23(34)17-21/h4-17,25-27H,1-3H3,(H,38,39). The molecule has 40 heavy (non-hydrogen) atoms. The lowest BCUT2D eigenvalue weighted by Crippen LogP contribution is -2.54. The van der Waals surface area contributed by atoms with Crippen molar-refractivity contribution < 1.29 is 23.9 Å². The zero-order chi connectivity index (χ0) is 28.8. The molecule has 0 radical (unpaired) electrons. The van der Waals surface area contributed by atoms with Gasteiger partial charge in [0.2, 0.25) is 0 Å². The van der Waals surface area contributed by atoms with Gasteiger partial charge in [-0.1, -0.05) is 54.1 Å². The van der Waals surface area contributed by atoms with Crippen LogP contribution in [0.3, 0.4) is 0 Å². The fraction of sp³-hybridized carbons (Fsp3) is 0.219. The molecule has 1 aromatic heterocycles. The third-order valence-corrected chi connectivity index (χ3v) is 9.27. The first-order valence-corrected chi connectivity index (χ1v) is 14.0. The Morgan fingerprint density at radius 2 is 1.65 bits per heavy atom. The van der Waals surface area contributed by atoms with Gasteiger partial charge in [-0.15, -0.1) is 11.3 Å². The molecule has 1 saturated heterocycles. The number of carboxylic acids is 1. The van der Waals surface area contributed by atoms with Crippen LogP contribution >= 0.6 is 22.9 Å². The quantitative estimate of drug-likeness (QED) is 0.242. The van der Waals surface area contributed by atoms with Crippen LogP contribution < -0.4 is 0 Å². The summed E-state index contributed by atoms with van der Waals surface area (Å²) >= 11 is 7.57. The highest BCUT2D eigenvalue weighted by Crippen LogP contribution is 2.58. The highest BCUT2D eigenvalue weighted by Gasteiger charge is 2.65. The normalized spacial score (nSPS) is 22.3. The van der Waals surface area contributed by atoms with Crippen LogP contribution in [0.5, 0.6) is 0 Å². The summed E-state index contributed by atoms with van der Waals surface area (Å²) < 4.78 is 14.3. The van der Waals surface area contributed by atoms with Crippen LogP contribution in [0.4, 0.5) is 4.39 Å². The number of aryl methyl sites for hydroxylation is 2. The third kappa shape index (κ3) is 4.53. The molecule has 8 heteroatoms. The summed E-state index contributed by atoms with van der Waals surface area (Å²) in [6.07, 6.45) is 0. The van der Waals surface area contributed by atoms with Gasteiger partial charge in [0.05, 0.1) is 12.0 Å². The topological polar surface area (TPSA) is 74.7 Å². The summed E-state index contributed by atoms with van der Waals surface area (Å²) in [7, 11) is 0. The second-order valence-corrected chi connectivity index (χ2v) is 11.7. The second kappa shape index (κ2) is 10.6. The number of nitrogens with zero attached hydrogens (tertiary/aromatic N) is 1. The molecule has 4 atom stereocenters. The summed E-state index contributed by atoms with van der Waals surface area (Å²) in [6.45, 7) is 5.19. The number of hydrogen-bond donors (Lipinski definition) is 1. The van der Waals surface area contributed by atoms with Crippen molar-refractivity contribution in [3.8, 4) is 0 Å². The molecule has 204 valence electrons. The number of halogens is 2. The summed E-state index contributed by atoms with van der Waals surface area (Å²) in [5, 5.41) is 13.2. The van der Waals surface area contributed by atoms with E-state index in [0.717, 1.165) is 17.2 Å². The molecule has 5 rings (SSSR count). The van der Waals surface area contributed by atoms with Crippen LogP contribution in [0.25, 0.3) is 0 Å². The molecule has 1 fully saturated rings. The van der Waals surface area contributed by atoms with E-state index in [4.69, 9.17) is 11.6 Å². The Morgan fingerprint density at radius 1 is 0.950 bits per heavy atom. The van der Waals surface area contributed by atoms with Crippen molar-refractivity contribution in [3.05, 3.63) is 128 Å². The second-order valence-electron chi connectivity index (χ2n) is 10.3. The van der Waals surface area contributed by atoms with E-state index >= 15 is 0 Å². The number of carbonyl (C=O) groups is 3. The summed E-state index contributed by atoms with van der Waals surface area (Å²) in [5.41, 5.74) is 0.739. The summed E-state index contributed by atoms with van der Waals surface area (Å²) in [6, 6.07) is 20.0. The van der Waals surface area contributed by atoms with Crippen molar-refractivity contribution in [2.75, 3.05) is 0 Å². The molecule has 2 heterocycles. The number of benzene rings is 3. The van der Waals surface area contributed by atoms with Crippen LogP contribution in [0, 0.1) is 25.6 Å². The van der Waals surface area contributed by atoms with E-state index < -0.39 is 41.1 Å². The molecule has 4 aromatic rings. The number of carbonyl (C=O) groups excluding carboxylic acids is 2. The van der Waals surface area contributed by atoms with Gasteiger partial charge in [0.1, 0.15) is 11.4 Å². The van der Waals surface area contributed by atoms with Crippen molar-refractivity contribution in [1.82, 2.24) is 4.90 Å². The summed E-state index contributed by atoms with van der Waals surface area (Å²) in [4.78, 5) is 44.2. The van der Waals surface area contributed by atoms with Gasteiger partial charge in [0.15, 0.2) is 5.78 Å². The number of hydrogen-bond acceptors (Lipinski definition) is 4. The van der Waals surface area contributed by atoms with Gasteiger partial charge < -0.3 is 10.0 Å². The first kappa shape index (κ1) is 27.7. The van der Waals surface area contributed by atoms with Crippen LogP contribution in [0.1, 0.15) is 61.2 Å². The minimum Gasteiger partial charge on any atom is -0.479 e. The Hall–Kier alpha value is -3.81. The van der Waals surface area contributed by atoms with E-state index in [2.05, 4.69) is 0 Å². The van der Waals surface area contributed by atoms with Gasteiger partial charge in [0.25, 0.3) is 5.91 Å². The van der Waals surface area contributed by atoms with Crippen LogP contribution in [-0.4, -0.2) is 33.2 Å². The fourth-order valence-electron chi connectivity index (χ4n) is 5.93. The zero-order valence-corrected chi connectivity index (χ0v) is 23.7. The van der Waals surface area contributed by atoms with Gasteiger partial charge in [-0.05, 0) is 79.2 Å². The molecule has 1 amide bonds. The average molecular weight is 576 g/mol. The van der Waals surface area contributed by atoms with Crippen LogP contribution in [0.15, 0.2) is 84.2 Å². The van der Waals surface area contributed by atoms with E-state index in [1.165, 1.54) is 41.4 Å². The van der Waals surface area contributed by atoms with Crippen LogP contribution in [0.2, 0.25) is 5.02 Å². The lowest BCUT2D eigenvalue weighted by Gasteiger charge is -2.38. The predicted molar refractivity (Wildman–Crippen MR) is 154 cm³/mol. The first-order valence-electron chi connectivity index (χ1n) is 12.8. The predicted octanol–water partition coefficient (Wildman–Crippen LogP) is 7.48. The minimum absolute atomic E-state index is 0.00270. The molecule has 0 aliphatic carbocycles. The van der Waals surface area contributed by atoms with Crippen LogP contribution in [-0.2, 0) is 4.79 Å². The maximum Gasteiger partial charge on any atom is 0.330 e. The van der Waals surface area contributed by atoms with Crippen molar-refractivity contribution in [2.24, 2.45) is 5.92 Å². The molecule has 1 aliphatic rings. The molecular weight excluding hydrogens is 549 g/mol. The lowest BCUT2D eigenvalue weighted by atomic mass is 9.73. The smallest absolute Gasteiger partial charge is 0.330 e. The summed E-state index contributed by atoms with van der Waals surface area (Å²) in [5.74, 6) is -4.67. The van der Waals surface area contributed by atoms with E-state index in [9.17, 15) is 23.9 Å². The molecular formula is C32H27ClFNO4S. The maximum absolute atomic E-state index is 14.6. The van der Waals surface area contributed by atoms with Gasteiger partial charge >= 0.3 is 5.97 Å². The van der Waals surface area contributed by atoms with E-state index in [-0.39, 0.29) is 11.3 Å².